The van der Waals surface area contributed by atoms with Crippen molar-refractivity contribution in [2.45, 2.75) is 51.9 Å². The number of hydrogen-bond donors (Lipinski definition) is 0. The number of nitrogens with zero attached hydrogens (tertiary/aromatic N) is 1. The van der Waals surface area contributed by atoms with Gasteiger partial charge < -0.3 is 0 Å². The molecule has 1 aromatic rings. The maximum atomic E-state index is 13.1. The molecule has 1 saturated heterocycles. The van der Waals surface area contributed by atoms with Crippen molar-refractivity contribution in [1.29, 1.82) is 0 Å². The lowest BCUT2D eigenvalue weighted by atomic mass is 9.97. The first-order valence-corrected chi connectivity index (χ1v) is 6.63. The molecule has 1 fully saturated rings. The highest BCUT2D eigenvalue weighted by Crippen LogP contribution is 2.20. The third-order valence-electron chi connectivity index (χ3n) is 3.20. The molecule has 0 amide bonds. The van der Waals surface area contributed by atoms with E-state index in [2.05, 4.69) is 0 Å². The van der Waals surface area contributed by atoms with Gasteiger partial charge >= 0.3 is 0 Å². The topological polar surface area (TPSA) is 20.3 Å². The van der Waals surface area contributed by atoms with Gasteiger partial charge in [0.15, 0.2) is 5.78 Å². The van der Waals surface area contributed by atoms with Crippen molar-refractivity contribution in [1.82, 2.24) is 4.90 Å². The van der Waals surface area contributed by atoms with Gasteiger partial charge in [0.05, 0.1) is 6.04 Å². The van der Waals surface area contributed by atoms with E-state index in [1.807, 2.05) is 13.8 Å². The van der Waals surface area contributed by atoms with Crippen molar-refractivity contribution in [2.75, 3.05) is 13.0 Å². The fourth-order valence-corrected chi connectivity index (χ4v) is 2.05. The highest BCUT2D eigenvalue weighted by atomic mass is 16.1. The minimum absolute atomic E-state index is 0.106. The molecule has 0 aliphatic carbocycles. The van der Waals surface area contributed by atoms with Gasteiger partial charge in [0.1, 0.15) is 0 Å². The molecule has 104 valence electrons. The molecule has 0 bridgehead atoms. The predicted molar refractivity (Wildman–Crippen MR) is 79.6 cm³/mol. The molecular weight excluding hydrogens is 234 g/mol. The van der Waals surface area contributed by atoms with Crippen LogP contribution >= 0.6 is 0 Å². The van der Waals surface area contributed by atoms with Gasteiger partial charge in [-0.05, 0) is 39.1 Å². The third kappa shape index (κ3) is 3.66. The minimum Gasteiger partial charge on any atom is -0.293 e. The van der Waals surface area contributed by atoms with E-state index in [1.165, 1.54) is 0 Å². The first kappa shape index (κ1) is 7.03. The Bertz CT molecular complexity index is 675. The lowest BCUT2D eigenvalue weighted by Crippen LogP contribution is -2.39. The van der Waals surface area contributed by atoms with E-state index in [0.717, 1.165) is 5.56 Å². The molecule has 1 aliphatic rings. The summed E-state index contributed by atoms with van der Waals surface area (Å²) in [7, 11) is 0. The Morgan fingerprint density at radius 3 is 2.53 bits per heavy atom. The number of ketones is 1. The monoisotopic (exact) mass is 267 g/mol. The largest absolute Gasteiger partial charge is 0.293 e. The maximum absolute atomic E-state index is 13.1. The Kier molecular flexibility index (Phi) is 2.54. The highest BCUT2D eigenvalue weighted by Gasteiger charge is 2.28. The Hall–Kier alpha value is -1.15. The maximum Gasteiger partial charge on any atom is 0.179 e. The van der Waals surface area contributed by atoms with Gasteiger partial charge in [0.25, 0.3) is 0 Å². The molecular formula is C17H25NO. The molecule has 2 rings (SSSR count). The fourth-order valence-electron chi connectivity index (χ4n) is 2.05. The average Bonchev–Trinajstić information content (AvgIpc) is 2.63. The molecule has 1 aliphatic heterocycles. The molecule has 0 radical (unpaired) electrons. The number of benzene rings is 1. The SMILES string of the molecule is [2H]C1([2H])N(C(CCCC)C(=O)c2ccc(C)cc2)C([2H])([2H])C([2H])([2H])C1([2H])[2H]. The molecule has 1 unspecified atom stereocenters. The quantitative estimate of drug-likeness (QED) is 0.730. The molecule has 2 nitrogen and oxygen atoms in total. The molecule has 1 heterocycles. The van der Waals surface area contributed by atoms with Crippen molar-refractivity contribution in [2.24, 2.45) is 0 Å². The number of hydrogen-bond acceptors (Lipinski definition) is 2. The molecule has 0 saturated carbocycles. The van der Waals surface area contributed by atoms with Crippen LogP contribution in [0.2, 0.25) is 0 Å². The van der Waals surface area contributed by atoms with E-state index in [0.29, 0.717) is 17.7 Å². The van der Waals surface area contributed by atoms with Gasteiger partial charge in [0.2, 0.25) is 0 Å². The Morgan fingerprint density at radius 2 is 1.95 bits per heavy atom. The van der Waals surface area contributed by atoms with E-state index in [9.17, 15) is 4.79 Å². The molecule has 0 spiro atoms. The Balaban J connectivity index is 2.58. The number of carbonyl (C=O) groups excluding carboxylic acids is 1. The smallest absolute Gasteiger partial charge is 0.179 e. The van der Waals surface area contributed by atoms with E-state index >= 15 is 0 Å². The zero-order valence-electron chi connectivity index (χ0n) is 19.4. The van der Waals surface area contributed by atoms with Crippen LogP contribution in [0.4, 0.5) is 0 Å². The lowest BCUT2D eigenvalue weighted by Gasteiger charge is -2.26. The second-order valence-electron chi connectivity index (χ2n) is 4.73. The van der Waals surface area contributed by atoms with Gasteiger partial charge in [0, 0.05) is 16.5 Å². The van der Waals surface area contributed by atoms with Crippen molar-refractivity contribution in [3.05, 3.63) is 35.4 Å². The zero-order chi connectivity index (χ0) is 20.8. The Morgan fingerprint density at radius 1 is 1.32 bits per heavy atom. The van der Waals surface area contributed by atoms with Crippen LogP contribution in [0.3, 0.4) is 0 Å². The summed E-state index contributed by atoms with van der Waals surface area (Å²) >= 11 is 0. The van der Waals surface area contributed by atoms with E-state index in [-0.39, 0.29) is 12.0 Å². The van der Waals surface area contributed by atoms with Gasteiger partial charge in [-0.3, -0.25) is 9.69 Å². The van der Waals surface area contributed by atoms with Crippen LogP contribution in [0.15, 0.2) is 24.3 Å². The van der Waals surface area contributed by atoms with Crippen molar-refractivity contribution >= 4 is 5.78 Å². The first-order chi connectivity index (χ1) is 12.2. The van der Waals surface area contributed by atoms with E-state index in [1.54, 1.807) is 24.3 Å². The van der Waals surface area contributed by atoms with Crippen LogP contribution in [0.5, 0.6) is 0 Å². The third-order valence-corrected chi connectivity index (χ3v) is 3.20. The molecule has 0 N–H and O–H groups in total. The summed E-state index contributed by atoms with van der Waals surface area (Å²) in [6, 6.07) is 5.26. The van der Waals surface area contributed by atoms with E-state index < -0.39 is 37.6 Å². The number of rotatable bonds is 6. The normalized spacial score (nSPS) is 34.4. The molecule has 1 aromatic carbocycles. The fraction of sp³-hybridized carbons (Fsp3) is 0.588. The predicted octanol–water partition coefficient (Wildman–Crippen LogP) is 3.83. The number of unbranched alkanes of at least 4 members (excludes halogenated alkanes) is 1. The highest BCUT2D eigenvalue weighted by molar-refractivity contribution is 6.00. The summed E-state index contributed by atoms with van der Waals surface area (Å²) in [5.41, 5.74) is 1.19. The van der Waals surface area contributed by atoms with Crippen LogP contribution < -0.4 is 0 Å². The van der Waals surface area contributed by atoms with Crippen molar-refractivity contribution in [3.63, 3.8) is 0 Å². The van der Waals surface area contributed by atoms with Gasteiger partial charge in [-0.1, -0.05) is 49.6 Å². The summed E-state index contributed by atoms with van der Waals surface area (Å²) in [6.07, 6.45) is -4.99. The van der Waals surface area contributed by atoms with Crippen LogP contribution in [0.25, 0.3) is 0 Å². The van der Waals surface area contributed by atoms with Crippen LogP contribution in [0, 0.1) is 6.92 Å². The standard InChI is InChI=1S/C17H25NO/c1-3-4-7-16(18-12-5-6-13-18)17(19)15-10-8-14(2)9-11-15/h8-11,16H,3-7,12-13H2,1-2H3/i5D2,6D2,12D2,13D2. The Labute approximate surface area is 128 Å². The van der Waals surface area contributed by atoms with Gasteiger partial charge in [-0.25, -0.2) is 0 Å². The summed E-state index contributed by atoms with van der Waals surface area (Å²) < 4.78 is 64.6. The molecule has 0 aromatic heterocycles. The van der Waals surface area contributed by atoms with Crippen LogP contribution in [-0.4, -0.2) is 29.7 Å². The summed E-state index contributed by atoms with van der Waals surface area (Å²) in [4.78, 5) is 13.6. The van der Waals surface area contributed by atoms with Crippen LogP contribution in [-0.2, 0) is 0 Å². The van der Waals surface area contributed by atoms with Crippen molar-refractivity contribution < 1.29 is 15.8 Å². The van der Waals surface area contributed by atoms with Crippen molar-refractivity contribution in [3.8, 4) is 0 Å². The van der Waals surface area contributed by atoms with Gasteiger partial charge in [-0.15, -0.1) is 0 Å². The second-order valence-corrected chi connectivity index (χ2v) is 4.73. The molecule has 2 heteroatoms. The van der Waals surface area contributed by atoms with E-state index in [4.69, 9.17) is 11.0 Å². The average molecular weight is 267 g/mol. The number of carbonyl (C=O) groups is 1. The molecule has 19 heavy (non-hydrogen) atoms. The zero-order valence-corrected chi connectivity index (χ0v) is 11.4. The number of likely N-dealkylation sites (tertiary alicyclic amines) is 1. The van der Waals surface area contributed by atoms with Gasteiger partial charge in [-0.2, -0.15) is 0 Å². The molecule has 1 atom stereocenters. The number of Topliss-reactive ketones (excluding diaryl/α,β-unsaturated/α-hetero) is 1. The lowest BCUT2D eigenvalue weighted by molar-refractivity contribution is 0.0835. The summed E-state index contributed by atoms with van der Waals surface area (Å²) in [5, 5.41) is 0. The minimum atomic E-state index is -3.14. The number of aryl methyl sites for hydroxylation is 1. The summed E-state index contributed by atoms with van der Waals surface area (Å²) in [6.45, 7) is -2.28. The van der Waals surface area contributed by atoms with Crippen LogP contribution in [0.1, 0.15) is 65.8 Å². The second kappa shape index (κ2) is 6.85. The summed E-state index contributed by atoms with van der Waals surface area (Å²) in [5.74, 6) is -0.537. The first-order valence-electron chi connectivity index (χ1n) is 10.6.